The Morgan fingerprint density at radius 2 is 2.12 bits per heavy atom. The summed E-state index contributed by atoms with van der Waals surface area (Å²) in [5.41, 5.74) is 6.21. The van der Waals surface area contributed by atoms with Crippen LogP contribution in [0.4, 0.5) is 16.2 Å². The van der Waals surface area contributed by atoms with Crippen LogP contribution in [0.2, 0.25) is 0 Å². The third-order valence-electron chi connectivity index (χ3n) is 4.33. The molecule has 0 aliphatic heterocycles. The number of alkyl halides is 1. The lowest BCUT2D eigenvalue weighted by atomic mass is 10.2. The van der Waals surface area contributed by atoms with Crippen molar-refractivity contribution in [1.29, 1.82) is 0 Å². The molecule has 0 radical (unpaired) electrons. The molecular formula is C19H28FN7O6P+. The number of nitrogens with zero attached hydrogens (tertiary/aromatic N) is 4. The summed E-state index contributed by atoms with van der Waals surface area (Å²) in [4.78, 5) is 24.1. The van der Waals surface area contributed by atoms with E-state index in [9.17, 15) is 18.9 Å². The molecule has 0 spiro atoms. The van der Waals surface area contributed by atoms with Gasteiger partial charge in [-0.15, -0.1) is 10.9 Å². The number of fused-ring (bicyclic) bond motifs is 1. The van der Waals surface area contributed by atoms with Crippen LogP contribution in [-0.2, 0) is 23.4 Å². The Morgan fingerprint density at radius 3 is 2.71 bits per heavy atom. The largest absolute Gasteiger partial charge is 0.613 e. The predicted octanol–water partition coefficient (Wildman–Crippen LogP) is 0.901. The van der Waals surface area contributed by atoms with Crippen molar-refractivity contribution in [2.24, 2.45) is 0 Å². The van der Waals surface area contributed by atoms with E-state index in [4.69, 9.17) is 26.2 Å². The Balaban J connectivity index is 2.13. The van der Waals surface area contributed by atoms with Crippen LogP contribution in [0, 0.1) is 12.3 Å². The van der Waals surface area contributed by atoms with E-state index in [1.165, 1.54) is 17.8 Å². The number of anilines is 2. The lowest BCUT2D eigenvalue weighted by Gasteiger charge is -2.24. The average molecular weight is 500 g/mol. The number of carbonyl (C=O) groups excluding carboxylic acids is 1. The SMILES string of the molecule is C#C[C@H](O)C(CO[P+](=O)N[C@@H](C)C(=O)OC(C)C)O[C@H](CF)n1cnc2c(NC)nc(N)nc21. The highest BCUT2D eigenvalue weighted by atomic mass is 31.1. The molecule has 0 fully saturated rings. The first kappa shape index (κ1) is 27.3. The third-order valence-corrected chi connectivity index (χ3v) is 5.31. The predicted molar refractivity (Wildman–Crippen MR) is 121 cm³/mol. The highest BCUT2D eigenvalue weighted by molar-refractivity contribution is 7.36. The van der Waals surface area contributed by atoms with Gasteiger partial charge in [-0.2, -0.15) is 9.97 Å². The Kier molecular flexibility index (Phi) is 10.0. The summed E-state index contributed by atoms with van der Waals surface area (Å²) in [5, 5.41) is 15.4. The van der Waals surface area contributed by atoms with Crippen LogP contribution in [0.3, 0.4) is 0 Å². The average Bonchev–Trinajstić information content (AvgIpc) is 3.21. The maximum atomic E-state index is 14.0. The van der Waals surface area contributed by atoms with Gasteiger partial charge < -0.3 is 25.6 Å². The summed E-state index contributed by atoms with van der Waals surface area (Å²) >= 11 is 0. The first-order valence-corrected chi connectivity index (χ1v) is 11.4. The number of ether oxygens (including phenoxy) is 2. The number of aromatic nitrogens is 4. The number of nitrogens with one attached hydrogen (secondary N) is 2. The lowest BCUT2D eigenvalue weighted by molar-refractivity contribution is -0.149. The number of aliphatic hydroxyl groups is 1. The van der Waals surface area contributed by atoms with Gasteiger partial charge in [-0.25, -0.2) is 9.37 Å². The zero-order valence-corrected chi connectivity index (χ0v) is 20.0. The molecule has 0 aromatic carbocycles. The van der Waals surface area contributed by atoms with Crippen LogP contribution in [0.5, 0.6) is 0 Å². The van der Waals surface area contributed by atoms with Gasteiger partial charge in [-0.1, -0.05) is 11.0 Å². The first-order valence-electron chi connectivity index (χ1n) is 10.2. The molecule has 2 unspecified atom stereocenters. The number of halogens is 1. The van der Waals surface area contributed by atoms with E-state index in [1.54, 1.807) is 20.9 Å². The summed E-state index contributed by atoms with van der Waals surface area (Å²) in [7, 11) is -0.962. The van der Waals surface area contributed by atoms with Gasteiger partial charge in [0.05, 0.1) is 12.4 Å². The standard InChI is InChI=1S/C19H28FN7O6P/c1-6-12(28)13(8-31-34(30)26-11(4)18(29)32-10(2)3)33-14(7-20)27-9-23-15-16(22-5)24-19(21)25-17(15)27/h1,9-14,28H,7-8H2,2-5H3,(H,26,30)(H3,21,22,24,25)/q+1/t11-,12-,13?,14+/m0/s1. The fourth-order valence-corrected chi connectivity index (χ4v) is 3.51. The molecule has 2 heterocycles. The number of nitrogens with two attached hydrogens (primary N) is 1. The van der Waals surface area contributed by atoms with Gasteiger partial charge in [0, 0.05) is 7.05 Å². The summed E-state index contributed by atoms with van der Waals surface area (Å²) < 4.78 is 43.2. The maximum Gasteiger partial charge on any atom is 0.613 e. The van der Waals surface area contributed by atoms with Gasteiger partial charge >= 0.3 is 14.1 Å². The highest BCUT2D eigenvalue weighted by Gasteiger charge is 2.32. The molecule has 0 saturated carbocycles. The molecule has 186 valence electrons. The van der Waals surface area contributed by atoms with Gasteiger partial charge in [0.15, 0.2) is 23.2 Å². The minimum atomic E-state index is -2.57. The molecular weight excluding hydrogens is 472 g/mol. The van der Waals surface area contributed by atoms with E-state index in [2.05, 4.69) is 31.3 Å². The van der Waals surface area contributed by atoms with Gasteiger partial charge in [0.1, 0.15) is 31.5 Å². The van der Waals surface area contributed by atoms with Crippen LogP contribution >= 0.6 is 8.18 Å². The van der Waals surface area contributed by atoms with Crippen molar-refractivity contribution >= 4 is 37.1 Å². The number of esters is 1. The maximum absolute atomic E-state index is 14.0. The number of rotatable bonds is 13. The minimum absolute atomic E-state index is 0.0760. The number of terminal acetylenes is 1. The molecule has 2 aromatic heterocycles. The molecule has 2 rings (SSSR count). The second-order valence-corrected chi connectivity index (χ2v) is 8.32. The monoisotopic (exact) mass is 500 g/mol. The molecule has 5 N–H and O–H groups in total. The van der Waals surface area contributed by atoms with E-state index in [0.29, 0.717) is 11.3 Å². The van der Waals surface area contributed by atoms with Gasteiger partial charge in [0.2, 0.25) is 5.95 Å². The summed E-state index contributed by atoms with van der Waals surface area (Å²) in [6.07, 6.45) is 2.07. The van der Waals surface area contributed by atoms with Crippen LogP contribution in [0.1, 0.15) is 27.0 Å². The van der Waals surface area contributed by atoms with Crippen molar-refractivity contribution in [1.82, 2.24) is 24.6 Å². The topological polar surface area (TPSA) is 176 Å². The molecule has 0 saturated heterocycles. The van der Waals surface area contributed by atoms with Crippen molar-refractivity contribution in [2.75, 3.05) is 31.4 Å². The molecule has 0 amide bonds. The van der Waals surface area contributed by atoms with Crippen molar-refractivity contribution in [3.05, 3.63) is 6.33 Å². The summed E-state index contributed by atoms with van der Waals surface area (Å²) in [5.74, 6) is 1.70. The van der Waals surface area contributed by atoms with Crippen LogP contribution in [-0.4, -0.2) is 75.3 Å². The molecule has 34 heavy (non-hydrogen) atoms. The smallest absolute Gasteiger partial charge is 0.462 e. The van der Waals surface area contributed by atoms with Crippen molar-refractivity contribution in [3.8, 4) is 12.3 Å². The fraction of sp³-hybridized carbons (Fsp3) is 0.579. The van der Waals surface area contributed by atoms with Gasteiger partial charge in [-0.3, -0.25) is 9.36 Å². The van der Waals surface area contributed by atoms with Crippen LogP contribution in [0.25, 0.3) is 11.2 Å². The third kappa shape index (κ3) is 7.02. The van der Waals surface area contributed by atoms with E-state index in [1.807, 2.05) is 0 Å². The quantitative estimate of drug-likeness (QED) is 0.174. The molecule has 2 aromatic rings. The Bertz CT molecular complexity index is 1050. The number of hydrogen-bond acceptors (Lipinski definition) is 11. The Labute approximate surface area is 196 Å². The Morgan fingerprint density at radius 1 is 1.41 bits per heavy atom. The van der Waals surface area contributed by atoms with Crippen LogP contribution < -0.4 is 16.1 Å². The molecule has 13 nitrogen and oxygen atoms in total. The van der Waals surface area contributed by atoms with Gasteiger partial charge in [0.25, 0.3) is 0 Å². The number of aliphatic hydroxyl groups excluding tert-OH is 1. The lowest BCUT2D eigenvalue weighted by Crippen LogP contribution is -2.36. The number of nitrogen functional groups attached to an aromatic ring is 1. The highest BCUT2D eigenvalue weighted by Crippen LogP contribution is 2.26. The van der Waals surface area contributed by atoms with E-state index in [0.717, 1.165) is 0 Å². The normalized spacial score (nSPS) is 15.4. The van der Waals surface area contributed by atoms with Crippen molar-refractivity contribution in [2.45, 2.75) is 51.4 Å². The van der Waals surface area contributed by atoms with Crippen molar-refractivity contribution < 1.29 is 32.9 Å². The summed E-state index contributed by atoms with van der Waals surface area (Å²) in [6, 6.07) is -0.926. The van der Waals surface area contributed by atoms with Crippen LogP contribution in [0.15, 0.2) is 6.33 Å². The van der Waals surface area contributed by atoms with E-state index < -0.39 is 51.9 Å². The molecule has 0 bridgehead atoms. The first-order chi connectivity index (χ1) is 16.1. The van der Waals surface area contributed by atoms with Crippen molar-refractivity contribution in [3.63, 3.8) is 0 Å². The molecule has 0 aliphatic rings. The Hall–Kier alpha value is -2.95. The summed E-state index contributed by atoms with van der Waals surface area (Å²) in [6.45, 7) is 3.26. The second kappa shape index (κ2) is 12.5. The number of carbonyl (C=O) groups is 1. The molecule has 5 atom stereocenters. The van der Waals surface area contributed by atoms with Gasteiger partial charge in [-0.05, 0) is 25.3 Å². The number of imidazole rings is 1. The minimum Gasteiger partial charge on any atom is -0.462 e. The fourth-order valence-electron chi connectivity index (χ4n) is 2.73. The molecule has 15 heteroatoms. The molecule has 0 aliphatic carbocycles. The van der Waals surface area contributed by atoms with E-state index >= 15 is 0 Å². The number of hydrogen-bond donors (Lipinski definition) is 4. The zero-order chi connectivity index (χ0) is 25.4. The zero-order valence-electron chi connectivity index (χ0n) is 19.1. The van der Waals surface area contributed by atoms with E-state index in [-0.39, 0.29) is 17.7 Å². The second-order valence-electron chi connectivity index (χ2n) is 7.29.